The number of nitrogens with one attached hydrogen (secondary N) is 1. The highest BCUT2D eigenvalue weighted by Crippen LogP contribution is 1.81. The molecule has 1 amide bonds. The summed E-state index contributed by atoms with van der Waals surface area (Å²) in [7, 11) is -3.34. The quantitative estimate of drug-likeness (QED) is 0.436. The summed E-state index contributed by atoms with van der Waals surface area (Å²) in [6, 6.07) is 0. The van der Waals surface area contributed by atoms with Crippen molar-refractivity contribution in [1.29, 1.82) is 0 Å². The second-order valence-corrected chi connectivity index (χ2v) is 4.10. The predicted molar refractivity (Wildman–Crippen MR) is 46.4 cm³/mol. The molecule has 78 valence electrons. The molecule has 5 N–H and O–H groups in total. The summed E-state index contributed by atoms with van der Waals surface area (Å²) in [6.45, 7) is -0.0313. The second kappa shape index (κ2) is 5.73. The van der Waals surface area contributed by atoms with E-state index in [4.69, 9.17) is 5.73 Å². The number of sulfonamides is 1. The zero-order valence-electron chi connectivity index (χ0n) is 7.02. The summed E-state index contributed by atoms with van der Waals surface area (Å²) in [5.41, 5.74) is 9.69. The van der Waals surface area contributed by atoms with Crippen molar-refractivity contribution in [2.75, 3.05) is 25.4 Å². The Balaban J connectivity index is 3.58. The third kappa shape index (κ3) is 7.50. The van der Waals surface area contributed by atoms with Gasteiger partial charge in [0.1, 0.15) is 6.61 Å². The number of carbonyl (C=O) groups excluding carboxylic acids is 1. The van der Waals surface area contributed by atoms with Crippen LogP contribution in [0.15, 0.2) is 0 Å². The Morgan fingerprint density at radius 1 is 1.46 bits per heavy atom. The smallest absolute Gasteiger partial charge is 0.404 e. The lowest BCUT2D eigenvalue weighted by molar-refractivity contribution is 0.159. The largest absolute Gasteiger partial charge is 0.448 e. The Kier molecular flexibility index (Phi) is 5.35. The number of carbonyl (C=O) groups is 1. The summed E-state index contributed by atoms with van der Waals surface area (Å²) in [4.78, 5) is 10.1. The van der Waals surface area contributed by atoms with Gasteiger partial charge in [-0.2, -0.15) is 0 Å². The highest BCUT2D eigenvalue weighted by molar-refractivity contribution is 7.89. The maximum absolute atomic E-state index is 10.9. The summed E-state index contributed by atoms with van der Waals surface area (Å²) in [5.74, 6) is -0.149. The number of rotatable bonds is 6. The van der Waals surface area contributed by atoms with E-state index in [2.05, 4.69) is 15.2 Å². The van der Waals surface area contributed by atoms with E-state index < -0.39 is 16.1 Å². The first-order chi connectivity index (χ1) is 5.98. The van der Waals surface area contributed by atoms with Gasteiger partial charge in [-0.1, -0.05) is 0 Å². The Morgan fingerprint density at radius 3 is 2.54 bits per heavy atom. The van der Waals surface area contributed by atoms with Crippen molar-refractivity contribution in [2.24, 2.45) is 11.5 Å². The van der Waals surface area contributed by atoms with Crippen molar-refractivity contribution in [3.05, 3.63) is 0 Å². The molecule has 0 rings (SSSR count). The maximum Gasteiger partial charge on any atom is 0.404 e. The van der Waals surface area contributed by atoms with Gasteiger partial charge in [0.05, 0.1) is 5.75 Å². The maximum atomic E-state index is 10.9. The summed E-state index contributed by atoms with van der Waals surface area (Å²) in [5, 5.41) is 0. The number of primary amides is 1. The van der Waals surface area contributed by atoms with Crippen molar-refractivity contribution >= 4 is 16.1 Å². The molecule has 0 bridgehead atoms. The Labute approximate surface area is 76.5 Å². The van der Waals surface area contributed by atoms with Crippen molar-refractivity contribution in [3.8, 4) is 0 Å². The van der Waals surface area contributed by atoms with Crippen LogP contribution in [0, 0.1) is 0 Å². The van der Waals surface area contributed by atoms with Gasteiger partial charge in [-0.3, -0.25) is 0 Å². The average Bonchev–Trinajstić information content (AvgIpc) is 1.98. The fraction of sp³-hybridized carbons (Fsp3) is 0.800. The van der Waals surface area contributed by atoms with Gasteiger partial charge in [-0.25, -0.2) is 17.9 Å². The van der Waals surface area contributed by atoms with Gasteiger partial charge in [-0.05, 0) is 0 Å². The molecular formula is C5H13N3O4S. The minimum atomic E-state index is -3.34. The van der Waals surface area contributed by atoms with E-state index in [1.807, 2.05) is 0 Å². The van der Waals surface area contributed by atoms with E-state index in [0.717, 1.165) is 0 Å². The molecule has 0 aliphatic carbocycles. The molecule has 7 nitrogen and oxygen atoms in total. The lowest BCUT2D eigenvalue weighted by atomic mass is 10.7. The molecule has 0 aromatic carbocycles. The number of ether oxygens (including phenoxy) is 1. The van der Waals surface area contributed by atoms with Crippen molar-refractivity contribution < 1.29 is 17.9 Å². The molecule has 0 spiro atoms. The zero-order valence-corrected chi connectivity index (χ0v) is 7.84. The van der Waals surface area contributed by atoms with Crippen LogP contribution in [0.3, 0.4) is 0 Å². The van der Waals surface area contributed by atoms with Gasteiger partial charge in [0.25, 0.3) is 0 Å². The molecule has 0 heterocycles. The molecule has 13 heavy (non-hydrogen) atoms. The van der Waals surface area contributed by atoms with Gasteiger partial charge in [0.2, 0.25) is 10.0 Å². The molecule has 0 aliphatic rings. The van der Waals surface area contributed by atoms with Crippen LogP contribution in [0.1, 0.15) is 0 Å². The number of amides is 1. The Bertz CT molecular complexity index is 251. The molecule has 0 aromatic rings. The average molecular weight is 211 g/mol. The first-order valence-electron chi connectivity index (χ1n) is 3.57. The van der Waals surface area contributed by atoms with E-state index in [1.165, 1.54) is 0 Å². The van der Waals surface area contributed by atoms with Crippen LogP contribution in [0.5, 0.6) is 0 Å². The minimum Gasteiger partial charge on any atom is -0.448 e. The molecule has 0 atom stereocenters. The van der Waals surface area contributed by atoms with Crippen LogP contribution in [-0.4, -0.2) is 40.0 Å². The third-order valence-electron chi connectivity index (χ3n) is 1.05. The first kappa shape index (κ1) is 12.1. The third-order valence-corrected chi connectivity index (χ3v) is 2.47. The normalized spacial score (nSPS) is 11.2. The number of hydrogen-bond acceptors (Lipinski definition) is 5. The lowest BCUT2D eigenvalue weighted by Crippen LogP contribution is -2.33. The topological polar surface area (TPSA) is 125 Å². The Morgan fingerprint density at radius 2 is 2.08 bits per heavy atom. The lowest BCUT2D eigenvalue weighted by Gasteiger charge is -2.04. The highest BCUT2D eigenvalue weighted by Gasteiger charge is 2.07. The standard InChI is InChI=1S/C5H13N3O4S/c6-1-4-13(10,11)8-2-3-12-5(7)9/h8H,1-4,6H2,(H2,7,9). The van der Waals surface area contributed by atoms with Crippen molar-refractivity contribution in [1.82, 2.24) is 4.72 Å². The van der Waals surface area contributed by atoms with Crippen molar-refractivity contribution in [2.45, 2.75) is 0 Å². The van der Waals surface area contributed by atoms with Crippen LogP contribution in [0.2, 0.25) is 0 Å². The molecule has 0 unspecified atom stereocenters. The van der Waals surface area contributed by atoms with E-state index in [0.29, 0.717) is 0 Å². The van der Waals surface area contributed by atoms with Crippen molar-refractivity contribution in [3.63, 3.8) is 0 Å². The number of hydrogen-bond donors (Lipinski definition) is 3. The van der Waals surface area contributed by atoms with Crippen LogP contribution in [-0.2, 0) is 14.8 Å². The second-order valence-electron chi connectivity index (χ2n) is 2.17. The molecular weight excluding hydrogens is 198 g/mol. The van der Waals surface area contributed by atoms with E-state index >= 15 is 0 Å². The number of nitrogens with two attached hydrogens (primary N) is 2. The molecule has 0 radical (unpaired) electrons. The molecule has 0 aliphatic heterocycles. The van der Waals surface area contributed by atoms with E-state index in [9.17, 15) is 13.2 Å². The molecule has 0 saturated heterocycles. The van der Waals surface area contributed by atoms with E-state index in [1.54, 1.807) is 0 Å². The van der Waals surface area contributed by atoms with Crippen LogP contribution in [0.4, 0.5) is 4.79 Å². The molecule has 0 aromatic heterocycles. The summed E-state index contributed by atoms with van der Waals surface area (Å²) < 4.78 is 28.3. The summed E-state index contributed by atoms with van der Waals surface area (Å²) >= 11 is 0. The zero-order chi connectivity index (χ0) is 10.3. The monoisotopic (exact) mass is 211 g/mol. The predicted octanol–water partition coefficient (Wildman–Crippen LogP) is -2.04. The van der Waals surface area contributed by atoms with Gasteiger partial charge in [0, 0.05) is 13.1 Å². The Hall–Kier alpha value is -0.860. The van der Waals surface area contributed by atoms with Gasteiger partial charge in [0.15, 0.2) is 0 Å². The SMILES string of the molecule is NCCS(=O)(=O)NCCOC(N)=O. The fourth-order valence-corrected chi connectivity index (χ4v) is 1.43. The molecule has 0 saturated carbocycles. The van der Waals surface area contributed by atoms with Gasteiger partial charge < -0.3 is 16.2 Å². The minimum absolute atomic E-state index is 0.00523. The van der Waals surface area contributed by atoms with Crippen LogP contribution in [0.25, 0.3) is 0 Å². The van der Waals surface area contributed by atoms with E-state index in [-0.39, 0.29) is 25.4 Å². The molecule has 0 fully saturated rings. The van der Waals surface area contributed by atoms with Gasteiger partial charge in [-0.15, -0.1) is 0 Å². The van der Waals surface area contributed by atoms with Gasteiger partial charge >= 0.3 is 6.09 Å². The van der Waals surface area contributed by atoms with Crippen LogP contribution >= 0.6 is 0 Å². The summed E-state index contributed by atoms with van der Waals surface area (Å²) in [6.07, 6.45) is -0.932. The fourth-order valence-electron chi connectivity index (χ4n) is 0.576. The highest BCUT2D eigenvalue weighted by atomic mass is 32.2. The molecule has 8 heteroatoms. The van der Waals surface area contributed by atoms with Crippen LogP contribution < -0.4 is 16.2 Å². The first-order valence-corrected chi connectivity index (χ1v) is 5.23.